The van der Waals surface area contributed by atoms with Gasteiger partial charge in [-0.05, 0) is 42.4 Å². The van der Waals surface area contributed by atoms with E-state index in [1.807, 2.05) is 18.7 Å². The summed E-state index contributed by atoms with van der Waals surface area (Å²) in [6, 6.07) is 7.07. The topological polar surface area (TPSA) is 56.7 Å². The number of halogens is 1. The molecule has 1 atom stereocenters. The third-order valence-corrected chi connectivity index (χ3v) is 5.18. The second-order valence-corrected chi connectivity index (χ2v) is 7.45. The molecule has 1 aliphatic carbocycles. The quantitative estimate of drug-likeness (QED) is 0.404. The highest BCUT2D eigenvalue weighted by Crippen LogP contribution is 2.22. The number of hydrogen-bond acceptors (Lipinski definition) is 2. The van der Waals surface area contributed by atoms with Gasteiger partial charge in [-0.2, -0.15) is 0 Å². The van der Waals surface area contributed by atoms with Gasteiger partial charge in [0.15, 0.2) is 5.96 Å². The van der Waals surface area contributed by atoms with Crippen molar-refractivity contribution in [3.63, 3.8) is 0 Å². The first kappa shape index (κ1) is 21.0. The number of nitrogens with one attached hydrogen (secondary N) is 2. The monoisotopic (exact) mass is 470 g/mol. The van der Waals surface area contributed by atoms with Crippen LogP contribution in [0.2, 0.25) is 0 Å². The van der Waals surface area contributed by atoms with Gasteiger partial charge in [0, 0.05) is 38.6 Å². The molecule has 1 saturated heterocycles. The summed E-state index contributed by atoms with van der Waals surface area (Å²) in [5.41, 5.74) is 4.31. The van der Waals surface area contributed by atoms with Gasteiger partial charge in [-0.25, -0.2) is 0 Å². The number of benzene rings is 1. The number of rotatable bonds is 4. The lowest BCUT2D eigenvalue weighted by molar-refractivity contribution is -0.133. The van der Waals surface area contributed by atoms with E-state index in [0.29, 0.717) is 0 Å². The minimum Gasteiger partial charge on any atom is -0.352 e. The Balaban J connectivity index is 0.00000243. The molecule has 0 spiro atoms. The molecule has 1 aromatic rings. The molecule has 5 nitrogen and oxygen atoms in total. The molecule has 1 unspecified atom stereocenters. The summed E-state index contributed by atoms with van der Waals surface area (Å²) in [6.45, 7) is 6.28. The van der Waals surface area contributed by atoms with Crippen molar-refractivity contribution in [2.45, 2.75) is 52.1 Å². The molecular weight excluding hydrogens is 439 g/mol. The average Bonchev–Trinajstić information content (AvgIpc) is 3.26. The van der Waals surface area contributed by atoms with E-state index in [4.69, 9.17) is 0 Å². The van der Waals surface area contributed by atoms with Crippen LogP contribution in [0.15, 0.2) is 23.2 Å². The van der Waals surface area contributed by atoms with Gasteiger partial charge in [-0.1, -0.05) is 32.0 Å². The molecule has 1 fully saturated rings. The van der Waals surface area contributed by atoms with E-state index >= 15 is 0 Å². The van der Waals surface area contributed by atoms with Crippen LogP contribution < -0.4 is 10.6 Å². The molecule has 1 heterocycles. The molecule has 1 aliphatic heterocycles. The molecule has 6 heteroatoms. The highest BCUT2D eigenvalue weighted by atomic mass is 127. The zero-order valence-corrected chi connectivity index (χ0v) is 18.4. The Labute approximate surface area is 174 Å². The fourth-order valence-electron chi connectivity index (χ4n) is 3.75. The first-order chi connectivity index (χ1) is 12.1. The molecule has 1 amide bonds. The largest absolute Gasteiger partial charge is 0.352 e. The van der Waals surface area contributed by atoms with E-state index in [1.165, 1.54) is 36.0 Å². The average molecular weight is 470 g/mol. The van der Waals surface area contributed by atoms with Gasteiger partial charge in [0.05, 0.1) is 0 Å². The van der Waals surface area contributed by atoms with Crippen molar-refractivity contribution in [3.8, 4) is 0 Å². The Hall–Kier alpha value is -1.31. The van der Waals surface area contributed by atoms with Crippen molar-refractivity contribution in [2.24, 2.45) is 10.9 Å². The van der Waals surface area contributed by atoms with Crippen LogP contribution in [0.4, 0.5) is 0 Å². The summed E-state index contributed by atoms with van der Waals surface area (Å²) in [7, 11) is 1.80. The van der Waals surface area contributed by atoms with Crippen LogP contribution in [0.25, 0.3) is 0 Å². The van der Waals surface area contributed by atoms with Crippen LogP contribution in [0.3, 0.4) is 0 Å². The molecule has 1 aromatic carbocycles. The second-order valence-electron chi connectivity index (χ2n) is 7.45. The van der Waals surface area contributed by atoms with Gasteiger partial charge < -0.3 is 15.5 Å². The summed E-state index contributed by atoms with van der Waals surface area (Å²) < 4.78 is 0. The van der Waals surface area contributed by atoms with Crippen molar-refractivity contribution in [1.29, 1.82) is 0 Å². The molecule has 0 aromatic heterocycles. The lowest BCUT2D eigenvalue weighted by Gasteiger charge is -2.20. The number of nitrogens with zero attached hydrogens (tertiary/aromatic N) is 2. The molecule has 0 radical (unpaired) electrons. The van der Waals surface area contributed by atoms with Crippen molar-refractivity contribution < 1.29 is 4.79 Å². The zero-order valence-electron chi connectivity index (χ0n) is 16.0. The van der Waals surface area contributed by atoms with Crippen molar-refractivity contribution in [1.82, 2.24) is 15.5 Å². The molecular formula is C20H31IN4O. The lowest BCUT2D eigenvalue weighted by Crippen LogP contribution is -2.45. The van der Waals surface area contributed by atoms with E-state index in [0.717, 1.165) is 32.0 Å². The van der Waals surface area contributed by atoms with E-state index < -0.39 is 0 Å². The third kappa shape index (κ3) is 5.11. The van der Waals surface area contributed by atoms with Gasteiger partial charge in [0.1, 0.15) is 0 Å². The van der Waals surface area contributed by atoms with E-state index in [2.05, 4.69) is 33.8 Å². The van der Waals surface area contributed by atoms with Crippen LogP contribution in [-0.2, 0) is 24.2 Å². The van der Waals surface area contributed by atoms with Crippen LogP contribution in [0.1, 0.15) is 43.4 Å². The van der Waals surface area contributed by atoms with Crippen LogP contribution in [0, 0.1) is 5.92 Å². The fourth-order valence-corrected chi connectivity index (χ4v) is 3.75. The third-order valence-electron chi connectivity index (χ3n) is 5.18. The van der Waals surface area contributed by atoms with Gasteiger partial charge >= 0.3 is 0 Å². The first-order valence-electron chi connectivity index (χ1n) is 9.43. The van der Waals surface area contributed by atoms with Crippen molar-refractivity contribution >= 4 is 35.8 Å². The van der Waals surface area contributed by atoms with Crippen LogP contribution in [0.5, 0.6) is 0 Å². The number of amides is 1. The molecule has 144 valence electrons. The van der Waals surface area contributed by atoms with E-state index in [1.54, 1.807) is 7.05 Å². The predicted molar refractivity (Wildman–Crippen MR) is 117 cm³/mol. The minimum absolute atomic E-state index is 0. The summed E-state index contributed by atoms with van der Waals surface area (Å²) in [5, 5.41) is 6.86. The van der Waals surface area contributed by atoms with E-state index in [-0.39, 0.29) is 41.8 Å². The first-order valence-corrected chi connectivity index (χ1v) is 9.43. The Kier molecular flexibility index (Phi) is 7.73. The second kappa shape index (κ2) is 9.58. The number of likely N-dealkylation sites (tertiary alicyclic amines) is 1. The van der Waals surface area contributed by atoms with Gasteiger partial charge in [-0.3, -0.25) is 9.79 Å². The maximum absolute atomic E-state index is 12.1. The summed E-state index contributed by atoms with van der Waals surface area (Å²) >= 11 is 0. The smallest absolute Gasteiger partial charge is 0.225 e. The standard InChI is InChI=1S/C20H30N4O.HI/c1-14(2)19(25)24-10-9-18(13-24)23-20(21-3)22-12-15-7-8-16-5-4-6-17(16)11-15;/h7-8,11,14,18H,4-6,9-10,12-13H2,1-3H3,(H2,21,22,23);1H. The van der Waals surface area contributed by atoms with Gasteiger partial charge in [0.2, 0.25) is 5.91 Å². The maximum Gasteiger partial charge on any atom is 0.225 e. The Morgan fingerprint density at radius 3 is 2.81 bits per heavy atom. The van der Waals surface area contributed by atoms with Crippen LogP contribution >= 0.6 is 24.0 Å². The van der Waals surface area contributed by atoms with Gasteiger partial charge in [0.25, 0.3) is 0 Å². The molecule has 26 heavy (non-hydrogen) atoms. The zero-order chi connectivity index (χ0) is 17.8. The van der Waals surface area contributed by atoms with Gasteiger partial charge in [-0.15, -0.1) is 24.0 Å². The maximum atomic E-state index is 12.1. The number of hydrogen-bond donors (Lipinski definition) is 2. The molecule has 3 rings (SSSR count). The Bertz CT molecular complexity index is 659. The Morgan fingerprint density at radius 2 is 2.08 bits per heavy atom. The summed E-state index contributed by atoms with van der Waals surface area (Å²) in [5.74, 6) is 1.12. The summed E-state index contributed by atoms with van der Waals surface area (Å²) in [4.78, 5) is 18.4. The summed E-state index contributed by atoms with van der Waals surface area (Å²) in [6.07, 6.45) is 4.68. The molecule has 0 bridgehead atoms. The molecule has 2 aliphatic rings. The molecule has 2 N–H and O–H groups in total. The van der Waals surface area contributed by atoms with E-state index in [9.17, 15) is 4.79 Å². The SMILES string of the molecule is CN=C(NCc1ccc2c(c1)CCC2)NC1CCN(C(=O)C(C)C)C1.I. The number of fused-ring (bicyclic) bond motifs is 1. The predicted octanol–water partition coefficient (Wildman–Crippen LogP) is 2.72. The lowest BCUT2D eigenvalue weighted by atomic mass is 10.1. The Morgan fingerprint density at radius 1 is 1.31 bits per heavy atom. The fraction of sp³-hybridized carbons (Fsp3) is 0.600. The van der Waals surface area contributed by atoms with Crippen molar-refractivity contribution in [3.05, 3.63) is 34.9 Å². The number of carbonyl (C=O) groups is 1. The minimum atomic E-state index is 0. The molecule has 0 saturated carbocycles. The number of aliphatic imine (C=N–C) groups is 1. The van der Waals surface area contributed by atoms with Crippen molar-refractivity contribution in [2.75, 3.05) is 20.1 Å². The normalized spacial score (nSPS) is 19.3. The van der Waals surface area contributed by atoms with Crippen LogP contribution in [-0.4, -0.2) is 42.9 Å². The number of guanidine groups is 1. The number of carbonyl (C=O) groups excluding carboxylic acids is 1. The number of aryl methyl sites for hydroxylation is 2. The highest BCUT2D eigenvalue weighted by molar-refractivity contribution is 14.0. The highest BCUT2D eigenvalue weighted by Gasteiger charge is 2.27.